The van der Waals surface area contributed by atoms with Crippen molar-refractivity contribution < 1.29 is 8.42 Å². The van der Waals surface area contributed by atoms with Gasteiger partial charge in [0.25, 0.3) is 10.0 Å². The summed E-state index contributed by atoms with van der Waals surface area (Å²) in [5, 5.41) is 11.6. The lowest BCUT2D eigenvalue weighted by Crippen LogP contribution is -2.48. The molecule has 0 atom stereocenters. The first-order valence-corrected chi connectivity index (χ1v) is 11.1. The first kappa shape index (κ1) is 18.8. The molecule has 8 nitrogen and oxygen atoms in total. The van der Waals surface area contributed by atoms with Crippen LogP contribution in [0.1, 0.15) is 4.88 Å². The Balaban J connectivity index is 1.38. The van der Waals surface area contributed by atoms with E-state index in [9.17, 15) is 8.42 Å². The molecule has 1 saturated heterocycles. The average Bonchev–Trinajstić information content (AvgIpc) is 3.17. The van der Waals surface area contributed by atoms with Crippen molar-refractivity contribution in [2.75, 3.05) is 36.4 Å². The number of anilines is 3. The van der Waals surface area contributed by atoms with E-state index in [1.165, 1.54) is 11.3 Å². The lowest BCUT2D eigenvalue weighted by molar-refractivity contribution is 0.384. The van der Waals surface area contributed by atoms with Crippen molar-refractivity contribution >= 4 is 38.8 Å². The number of nitrogens with one attached hydrogen (secondary N) is 1. The molecule has 4 heterocycles. The van der Waals surface area contributed by atoms with E-state index in [1.807, 2.05) is 48.2 Å². The number of aryl methyl sites for hydroxylation is 1. The van der Waals surface area contributed by atoms with Crippen LogP contribution in [-0.4, -0.2) is 54.1 Å². The molecule has 0 radical (unpaired) electrons. The van der Waals surface area contributed by atoms with E-state index in [2.05, 4.69) is 20.5 Å². The number of aromatic nitrogens is 3. The molecule has 0 bridgehead atoms. The highest BCUT2D eigenvalue weighted by molar-refractivity contribution is 7.91. The van der Waals surface area contributed by atoms with Gasteiger partial charge < -0.3 is 10.2 Å². The lowest BCUT2D eigenvalue weighted by Gasteiger charge is -2.34. The van der Waals surface area contributed by atoms with Gasteiger partial charge in [0, 0.05) is 37.3 Å². The second kappa shape index (κ2) is 7.82. The van der Waals surface area contributed by atoms with Gasteiger partial charge in [-0.1, -0.05) is 6.07 Å². The Morgan fingerprint density at radius 3 is 2.39 bits per heavy atom. The normalized spacial score (nSPS) is 15.5. The number of sulfonamides is 1. The number of rotatable bonds is 5. The standard InChI is InChI=1S/C18H20N6O2S2/c1-14-5-8-18(27-14)28(25,26)24-12-10-23(11-13-24)17-7-6-16(21-22-17)20-15-4-2-3-9-19-15/h2-9H,10-13H2,1H3,(H,19,20,21). The smallest absolute Gasteiger partial charge is 0.252 e. The first-order chi connectivity index (χ1) is 13.5. The second-order valence-electron chi connectivity index (χ2n) is 6.37. The van der Waals surface area contributed by atoms with Crippen LogP contribution in [0.25, 0.3) is 0 Å². The summed E-state index contributed by atoms with van der Waals surface area (Å²) < 4.78 is 27.4. The fraction of sp³-hybridized carbons (Fsp3) is 0.278. The van der Waals surface area contributed by atoms with E-state index in [0.29, 0.717) is 42.0 Å². The van der Waals surface area contributed by atoms with Crippen LogP contribution in [0.15, 0.2) is 52.9 Å². The SMILES string of the molecule is Cc1ccc(S(=O)(=O)N2CCN(c3ccc(Nc4ccccn4)nn3)CC2)s1. The van der Waals surface area contributed by atoms with Gasteiger partial charge in [-0.05, 0) is 43.3 Å². The summed E-state index contributed by atoms with van der Waals surface area (Å²) in [6.45, 7) is 3.91. The Kier molecular flexibility index (Phi) is 5.25. The summed E-state index contributed by atoms with van der Waals surface area (Å²) in [7, 11) is -3.42. The molecule has 0 aromatic carbocycles. The van der Waals surface area contributed by atoms with E-state index in [-0.39, 0.29) is 0 Å². The first-order valence-electron chi connectivity index (χ1n) is 8.86. The molecule has 4 rings (SSSR count). The van der Waals surface area contributed by atoms with Gasteiger partial charge >= 0.3 is 0 Å². The molecule has 3 aromatic rings. The zero-order valence-corrected chi connectivity index (χ0v) is 16.9. The van der Waals surface area contributed by atoms with Crippen LogP contribution in [0.3, 0.4) is 0 Å². The highest BCUT2D eigenvalue weighted by atomic mass is 32.2. The average molecular weight is 417 g/mol. The molecular weight excluding hydrogens is 396 g/mol. The topological polar surface area (TPSA) is 91.3 Å². The van der Waals surface area contributed by atoms with Gasteiger partial charge in [0.2, 0.25) is 0 Å². The largest absolute Gasteiger partial charge is 0.352 e. The number of pyridine rings is 1. The molecule has 3 aromatic heterocycles. The fourth-order valence-corrected chi connectivity index (χ4v) is 5.82. The molecule has 0 unspecified atom stereocenters. The monoisotopic (exact) mass is 416 g/mol. The number of nitrogens with zero attached hydrogens (tertiary/aromatic N) is 5. The summed E-state index contributed by atoms with van der Waals surface area (Å²) in [5.74, 6) is 2.04. The third kappa shape index (κ3) is 3.98. The quantitative estimate of drug-likeness (QED) is 0.683. The summed E-state index contributed by atoms with van der Waals surface area (Å²) in [6.07, 6.45) is 1.70. The van der Waals surface area contributed by atoms with Crippen LogP contribution in [0.2, 0.25) is 0 Å². The van der Waals surface area contributed by atoms with E-state index in [4.69, 9.17) is 0 Å². The van der Waals surface area contributed by atoms with Gasteiger partial charge in [0.05, 0.1) is 0 Å². The molecule has 1 aliphatic heterocycles. The van der Waals surface area contributed by atoms with Gasteiger partial charge in [0.1, 0.15) is 10.0 Å². The van der Waals surface area contributed by atoms with Gasteiger partial charge in [-0.3, -0.25) is 0 Å². The van der Waals surface area contributed by atoms with Crippen LogP contribution in [0.4, 0.5) is 17.5 Å². The van der Waals surface area contributed by atoms with E-state index < -0.39 is 10.0 Å². The maximum atomic E-state index is 12.7. The van der Waals surface area contributed by atoms with Crippen molar-refractivity contribution in [3.63, 3.8) is 0 Å². The zero-order chi connectivity index (χ0) is 19.6. The highest BCUT2D eigenvalue weighted by Crippen LogP contribution is 2.26. The van der Waals surface area contributed by atoms with Crippen molar-refractivity contribution in [3.05, 3.63) is 53.5 Å². The molecule has 28 heavy (non-hydrogen) atoms. The summed E-state index contributed by atoms with van der Waals surface area (Å²) in [4.78, 5) is 7.23. The predicted octanol–water partition coefficient (Wildman–Crippen LogP) is 2.50. The number of piperazine rings is 1. The van der Waals surface area contributed by atoms with Crippen molar-refractivity contribution in [1.82, 2.24) is 19.5 Å². The highest BCUT2D eigenvalue weighted by Gasteiger charge is 2.30. The Hall–Kier alpha value is -2.56. The van der Waals surface area contributed by atoms with Gasteiger partial charge in [-0.2, -0.15) is 4.31 Å². The molecule has 0 aliphatic carbocycles. The Bertz CT molecular complexity index is 1030. The van der Waals surface area contributed by atoms with Crippen LogP contribution in [0.5, 0.6) is 0 Å². The number of thiophene rings is 1. The molecule has 1 N–H and O–H groups in total. The maximum Gasteiger partial charge on any atom is 0.252 e. The van der Waals surface area contributed by atoms with Crippen LogP contribution in [0, 0.1) is 6.92 Å². The van der Waals surface area contributed by atoms with Gasteiger partial charge in [0.15, 0.2) is 11.6 Å². The predicted molar refractivity (Wildman–Crippen MR) is 110 cm³/mol. The summed E-state index contributed by atoms with van der Waals surface area (Å²) >= 11 is 1.31. The second-order valence-corrected chi connectivity index (χ2v) is 9.83. The number of hydrogen-bond donors (Lipinski definition) is 1. The molecule has 1 aliphatic rings. The zero-order valence-electron chi connectivity index (χ0n) is 15.3. The van der Waals surface area contributed by atoms with Crippen molar-refractivity contribution in [2.24, 2.45) is 0 Å². The van der Waals surface area contributed by atoms with Gasteiger partial charge in [-0.25, -0.2) is 13.4 Å². The number of hydrogen-bond acceptors (Lipinski definition) is 8. The summed E-state index contributed by atoms with van der Waals surface area (Å²) in [6, 6.07) is 12.8. The molecule has 1 fully saturated rings. The molecular formula is C18H20N6O2S2. The third-order valence-corrected chi connectivity index (χ3v) is 7.81. The fourth-order valence-electron chi connectivity index (χ4n) is 2.96. The third-order valence-electron chi connectivity index (χ3n) is 4.44. The minimum absolute atomic E-state index is 0.406. The molecule has 10 heteroatoms. The van der Waals surface area contributed by atoms with E-state index in [0.717, 1.165) is 10.7 Å². The molecule has 0 spiro atoms. The Labute approximate surface area is 167 Å². The lowest BCUT2D eigenvalue weighted by atomic mass is 10.3. The Morgan fingerprint density at radius 2 is 1.79 bits per heavy atom. The van der Waals surface area contributed by atoms with E-state index in [1.54, 1.807) is 16.6 Å². The van der Waals surface area contributed by atoms with Crippen molar-refractivity contribution in [1.29, 1.82) is 0 Å². The van der Waals surface area contributed by atoms with Crippen LogP contribution < -0.4 is 10.2 Å². The maximum absolute atomic E-state index is 12.7. The summed E-state index contributed by atoms with van der Waals surface area (Å²) in [5.41, 5.74) is 0. The minimum Gasteiger partial charge on any atom is -0.352 e. The molecule has 146 valence electrons. The van der Waals surface area contributed by atoms with Crippen LogP contribution in [-0.2, 0) is 10.0 Å². The Morgan fingerprint density at radius 1 is 0.964 bits per heavy atom. The van der Waals surface area contributed by atoms with Gasteiger partial charge in [-0.15, -0.1) is 21.5 Å². The van der Waals surface area contributed by atoms with Crippen molar-refractivity contribution in [3.8, 4) is 0 Å². The molecule has 0 saturated carbocycles. The van der Waals surface area contributed by atoms with Crippen LogP contribution >= 0.6 is 11.3 Å². The molecule has 0 amide bonds. The minimum atomic E-state index is -3.42. The van der Waals surface area contributed by atoms with Crippen molar-refractivity contribution in [2.45, 2.75) is 11.1 Å². The van der Waals surface area contributed by atoms with E-state index >= 15 is 0 Å².